The zero-order valence-electron chi connectivity index (χ0n) is 54.2. The van der Waals surface area contributed by atoms with E-state index in [1.165, 1.54) is 0 Å². The summed E-state index contributed by atoms with van der Waals surface area (Å²) < 4.78 is 49.3. The van der Waals surface area contributed by atoms with Gasteiger partial charge in [0.15, 0.2) is 18.9 Å². The lowest BCUT2D eigenvalue weighted by Crippen LogP contribution is -2.62. The Kier molecular flexibility index (Phi) is 42.9. The van der Waals surface area contributed by atoms with E-state index in [2.05, 4.69) is 38.8 Å². The Bertz CT molecular complexity index is 1970. The number of alkyl carbamates (subject to hydrolysis) is 3. The van der Waals surface area contributed by atoms with E-state index in [1.807, 2.05) is 0 Å². The molecule has 33 nitrogen and oxygen atoms in total. The van der Waals surface area contributed by atoms with Gasteiger partial charge in [0.05, 0.1) is 77.6 Å². The number of aliphatic hydroxyl groups excluding tert-OH is 9. The molecule has 3 saturated heterocycles. The van der Waals surface area contributed by atoms with Gasteiger partial charge in [0.1, 0.15) is 54.9 Å². The molecule has 0 radical (unpaired) electrons. The lowest BCUT2D eigenvalue weighted by molar-refractivity contribution is -0.265. The number of hydrogen-bond acceptors (Lipinski definition) is 27. The molecule has 3 aliphatic heterocycles. The predicted octanol–water partition coefficient (Wildman–Crippen LogP) is -2.55. The molecule has 33 heteroatoms. The van der Waals surface area contributed by atoms with E-state index >= 15 is 0 Å². The smallest absolute Gasteiger partial charge is 0.407 e. The molecule has 6 amide bonds. The van der Waals surface area contributed by atoms with Crippen LogP contribution >= 0.6 is 0 Å². The highest BCUT2D eigenvalue weighted by atomic mass is 16.7. The van der Waals surface area contributed by atoms with Crippen molar-refractivity contribution in [2.75, 3.05) is 98.7 Å². The first-order valence-electron chi connectivity index (χ1n) is 33.2. The molecule has 3 fully saturated rings. The monoisotopic (exact) mass is 1340 g/mol. The molecule has 15 unspecified atom stereocenters. The summed E-state index contributed by atoms with van der Waals surface area (Å²) in [4.78, 5) is 74.5. The third kappa shape index (κ3) is 33.8. The lowest BCUT2D eigenvalue weighted by Gasteiger charge is -2.40. The Hall–Kier alpha value is -4.50. The van der Waals surface area contributed by atoms with Crippen LogP contribution in [0.3, 0.4) is 0 Å². The van der Waals surface area contributed by atoms with Crippen LogP contribution in [0.25, 0.3) is 0 Å². The maximum atomic E-state index is 12.5. The molecule has 0 saturated carbocycles. The van der Waals surface area contributed by atoms with Gasteiger partial charge in [-0.2, -0.15) is 0 Å². The minimum atomic E-state index is -1.35. The van der Waals surface area contributed by atoms with Crippen molar-refractivity contribution in [2.45, 2.75) is 240 Å². The Morgan fingerprint density at radius 3 is 0.860 bits per heavy atom. The van der Waals surface area contributed by atoms with Gasteiger partial charge in [-0.15, -0.1) is 0 Å². The minimum absolute atomic E-state index is 0.0998. The van der Waals surface area contributed by atoms with E-state index in [1.54, 1.807) is 0 Å². The number of carbonyl (C=O) groups excluding carboxylic acids is 6. The number of rotatable bonds is 49. The summed E-state index contributed by atoms with van der Waals surface area (Å²) in [5.74, 6) is -0.504. The van der Waals surface area contributed by atoms with Crippen LogP contribution in [0.1, 0.15) is 148 Å². The summed E-state index contributed by atoms with van der Waals surface area (Å²) in [5, 5.41) is 105. The highest BCUT2D eigenvalue weighted by Crippen LogP contribution is 2.35. The highest BCUT2D eigenvalue weighted by Gasteiger charge is 2.45. The second-order valence-electron chi connectivity index (χ2n) is 24.2. The van der Waals surface area contributed by atoms with Crippen molar-refractivity contribution in [1.29, 1.82) is 0 Å². The van der Waals surface area contributed by atoms with Crippen molar-refractivity contribution in [3.8, 4) is 0 Å². The van der Waals surface area contributed by atoms with E-state index in [4.69, 9.17) is 59.8 Å². The van der Waals surface area contributed by atoms with Crippen LogP contribution in [0.2, 0.25) is 0 Å². The second kappa shape index (κ2) is 48.2. The number of carbonyl (C=O) groups is 6. The number of hydrogen-bond donors (Lipinski definition) is 18. The van der Waals surface area contributed by atoms with Crippen LogP contribution in [-0.2, 0) is 57.0 Å². The van der Waals surface area contributed by atoms with Crippen molar-refractivity contribution < 1.29 is 117 Å². The molecule has 93 heavy (non-hydrogen) atoms. The normalized spacial score (nSPS) is 26.9. The van der Waals surface area contributed by atoms with Gasteiger partial charge in [-0.25, -0.2) is 14.4 Å². The molecule has 3 rings (SSSR count). The maximum absolute atomic E-state index is 12.5. The number of unbranched alkanes of at least 4 members (excludes halogenated alkanes) is 7. The molecule has 0 aromatic rings. The SMILES string of the molecule is CC(CCCOC(=O)NCCCCCCNC(=O)CCCOC1OC(CO)C(O)C(O)C1N)(CCCOC(=O)NCCCCCCNC(=O)CCCOC1OC(CO)C(O)C(O)C1N)CCCOC(=O)NCCCCNC(=O)CCCOC1OC(CO)C(O)C(O)C1N. The highest BCUT2D eigenvalue weighted by molar-refractivity contribution is 5.76. The standard InChI is InChI=1S/C60H113N9O24/c1-60(23-17-35-90-59(84)69-29-11-10-26-66-44(75)20-14-32-87-56-47(63)53(81)50(78)41(38-72)93-56,21-15-33-88-57(82)67-27-8-4-2-6-24-64-42(73)18-12-30-85-54-45(61)51(79)48(76)39(36-70)91-54)22-16-34-89-58(83)68-28-9-5-3-7-25-65-43(74)19-13-31-86-55-46(62)52(80)49(77)40(37-71)92-55/h39-41,45-56,70-72,76-81H,2-38,61-63H2,1H3,(H,64,73)(H,65,74)(H,66,75)(H,67,82)(H,68,83)(H,69,84). The van der Waals surface area contributed by atoms with Gasteiger partial charge in [-0.1, -0.05) is 32.6 Å². The van der Waals surface area contributed by atoms with Gasteiger partial charge in [0.2, 0.25) is 17.7 Å². The molecule has 15 atom stereocenters. The van der Waals surface area contributed by atoms with Crippen molar-refractivity contribution >= 4 is 36.0 Å². The zero-order chi connectivity index (χ0) is 68.4. The molecule has 3 heterocycles. The van der Waals surface area contributed by atoms with E-state index in [0.717, 1.165) is 38.5 Å². The van der Waals surface area contributed by atoms with Crippen LogP contribution in [0, 0.1) is 5.41 Å². The first-order chi connectivity index (χ1) is 44.6. The average Bonchev–Trinajstić information content (AvgIpc) is 0.929. The molecule has 542 valence electrons. The zero-order valence-corrected chi connectivity index (χ0v) is 54.2. The molecule has 3 aliphatic rings. The van der Waals surface area contributed by atoms with Crippen LogP contribution in [0.15, 0.2) is 0 Å². The van der Waals surface area contributed by atoms with E-state index in [9.17, 15) is 74.7 Å². The number of amides is 6. The van der Waals surface area contributed by atoms with Crippen molar-refractivity contribution in [1.82, 2.24) is 31.9 Å². The van der Waals surface area contributed by atoms with E-state index in [-0.39, 0.29) is 82.0 Å². The van der Waals surface area contributed by atoms with Gasteiger partial charge in [-0.3, -0.25) is 14.4 Å². The lowest BCUT2D eigenvalue weighted by atomic mass is 9.77. The third-order valence-electron chi connectivity index (χ3n) is 16.3. The average molecular weight is 1340 g/mol. The Morgan fingerprint density at radius 2 is 0.602 bits per heavy atom. The molecular weight excluding hydrogens is 1230 g/mol. The van der Waals surface area contributed by atoms with Crippen molar-refractivity contribution in [3.63, 3.8) is 0 Å². The predicted molar refractivity (Wildman–Crippen MR) is 332 cm³/mol. The van der Waals surface area contributed by atoms with Crippen molar-refractivity contribution in [3.05, 3.63) is 0 Å². The topological polar surface area (TPSA) is 518 Å². The Morgan fingerprint density at radius 1 is 0.355 bits per heavy atom. The molecule has 0 spiro atoms. The van der Waals surface area contributed by atoms with Crippen LogP contribution in [-0.4, -0.2) is 273 Å². The molecule has 21 N–H and O–H groups in total. The van der Waals surface area contributed by atoms with Gasteiger partial charge in [0.25, 0.3) is 0 Å². The Labute approximate surface area is 545 Å². The van der Waals surface area contributed by atoms with Gasteiger partial charge in [0, 0.05) is 58.5 Å². The summed E-state index contributed by atoms with van der Waals surface area (Å²) in [7, 11) is 0. The Balaban J connectivity index is 1.27. The minimum Gasteiger partial charge on any atom is -0.450 e. The van der Waals surface area contributed by atoms with Gasteiger partial charge >= 0.3 is 18.3 Å². The molecule has 0 aromatic carbocycles. The fourth-order valence-electron chi connectivity index (χ4n) is 10.6. The van der Waals surface area contributed by atoms with Gasteiger partial charge < -0.3 is 138 Å². The number of nitrogens with one attached hydrogen (secondary N) is 6. The maximum Gasteiger partial charge on any atom is 0.407 e. The van der Waals surface area contributed by atoms with Crippen LogP contribution in [0.5, 0.6) is 0 Å². The van der Waals surface area contributed by atoms with Crippen LogP contribution < -0.4 is 49.1 Å². The van der Waals surface area contributed by atoms with Crippen molar-refractivity contribution in [2.24, 2.45) is 22.6 Å². The fraction of sp³-hybridized carbons (Fsp3) is 0.900. The number of aliphatic hydroxyl groups is 9. The number of ether oxygens (including phenoxy) is 9. The summed E-state index contributed by atoms with van der Waals surface area (Å²) in [5.41, 5.74) is 17.3. The third-order valence-corrected chi connectivity index (χ3v) is 16.3. The largest absolute Gasteiger partial charge is 0.450 e. The molecule has 0 bridgehead atoms. The second-order valence-corrected chi connectivity index (χ2v) is 24.2. The first-order valence-corrected chi connectivity index (χ1v) is 33.2. The number of nitrogens with two attached hydrogens (primary N) is 3. The van der Waals surface area contributed by atoms with E-state index < -0.39 is 130 Å². The summed E-state index contributed by atoms with van der Waals surface area (Å²) in [6.45, 7) is 3.93. The van der Waals surface area contributed by atoms with Gasteiger partial charge in [-0.05, 0) is 102 Å². The molecular formula is C60H113N9O24. The summed E-state index contributed by atoms with van der Waals surface area (Å²) in [6.07, 6.45) is -3.13. The van der Waals surface area contributed by atoms with Crippen LogP contribution in [0.4, 0.5) is 14.4 Å². The molecule has 0 aliphatic carbocycles. The summed E-state index contributed by atoms with van der Waals surface area (Å²) in [6, 6.07) is -3.04. The summed E-state index contributed by atoms with van der Waals surface area (Å²) >= 11 is 0. The quantitative estimate of drug-likeness (QED) is 0.0220. The molecule has 0 aromatic heterocycles. The van der Waals surface area contributed by atoms with E-state index in [0.29, 0.717) is 123 Å². The first kappa shape index (κ1) is 82.7. The fourth-order valence-corrected chi connectivity index (χ4v) is 10.6.